The van der Waals surface area contributed by atoms with Crippen molar-refractivity contribution >= 4 is 35.0 Å². The Balaban J connectivity index is 1.98. The van der Waals surface area contributed by atoms with Gasteiger partial charge in [-0.15, -0.1) is 0 Å². The van der Waals surface area contributed by atoms with Crippen molar-refractivity contribution in [2.75, 3.05) is 14.2 Å². The highest BCUT2D eigenvalue weighted by Crippen LogP contribution is 2.32. The summed E-state index contributed by atoms with van der Waals surface area (Å²) >= 11 is 0.942. The Morgan fingerprint density at radius 3 is 2.35 bits per heavy atom. The number of ether oxygens (including phenoxy) is 1. The van der Waals surface area contributed by atoms with Crippen molar-refractivity contribution in [1.82, 2.24) is 9.47 Å². The number of hydrogen-bond donors (Lipinski definition) is 0. The Morgan fingerprint density at radius 2 is 1.81 bits per heavy atom. The lowest BCUT2D eigenvalue weighted by atomic mass is 10.2. The summed E-state index contributed by atoms with van der Waals surface area (Å²) < 4.78 is 6.75. The Hall–Kier alpha value is -2.80. The summed E-state index contributed by atoms with van der Waals surface area (Å²) in [5.74, 6) is -0.666. The molecule has 1 fully saturated rings. The largest absolute Gasteiger partial charge is 0.465 e. The summed E-state index contributed by atoms with van der Waals surface area (Å²) in [6.45, 7) is 3.91. The molecule has 0 N–H and O–H groups in total. The van der Waals surface area contributed by atoms with Gasteiger partial charge in [0, 0.05) is 24.1 Å². The average Bonchev–Trinajstić information content (AvgIpc) is 3.04. The minimum absolute atomic E-state index is 0.270. The molecule has 7 heteroatoms. The summed E-state index contributed by atoms with van der Waals surface area (Å²) in [6, 6.07) is 9.07. The normalized spacial score (nSPS) is 15.8. The Bertz CT molecular complexity index is 941. The zero-order chi connectivity index (χ0) is 19.0. The number of amides is 2. The maximum absolute atomic E-state index is 12.1. The number of imide groups is 1. The molecule has 1 saturated heterocycles. The number of aryl methyl sites for hydroxylation is 1. The number of methoxy groups -OCH3 is 1. The monoisotopic (exact) mass is 370 g/mol. The lowest BCUT2D eigenvalue weighted by molar-refractivity contribution is -0.121. The molecule has 0 aliphatic carbocycles. The molecule has 134 valence electrons. The minimum Gasteiger partial charge on any atom is -0.465 e. The molecule has 0 bridgehead atoms. The molecule has 2 amide bonds. The van der Waals surface area contributed by atoms with Crippen LogP contribution in [-0.2, 0) is 9.53 Å². The van der Waals surface area contributed by atoms with E-state index in [0.717, 1.165) is 39.3 Å². The van der Waals surface area contributed by atoms with Crippen LogP contribution in [0.15, 0.2) is 35.2 Å². The SMILES string of the molecule is COC(=O)c1ccc(-n2c(C)cc(C=C3SC(=O)N(C)C3=O)c2C)cc1. The van der Waals surface area contributed by atoms with E-state index in [1.165, 1.54) is 14.2 Å². The fourth-order valence-corrected chi connectivity index (χ4v) is 3.70. The van der Waals surface area contributed by atoms with Crippen LogP contribution in [-0.4, -0.2) is 40.7 Å². The number of thioether (sulfide) groups is 1. The highest BCUT2D eigenvalue weighted by Gasteiger charge is 2.32. The summed E-state index contributed by atoms with van der Waals surface area (Å²) in [5.41, 5.74) is 4.18. The van der Waals surface area contributed by atoms with Gasteiger partial charge in [-0.3, -0.25) is 14.5 Å². The van der Waals surface area contributed by atoms with Gasteiger partial charge in [0.25, 0.3) is 11.1 Å². The topological polar surface area (TPSA) is 68.6 Å². The molecule has 26 heavy (non-hydrogen) atoms. The Labute approximate surface area is 155 Å². The lowest BCUT2D eigenvalue weighted by Crippen LogP contribution is -2.22. The van der Waals surface area contributed by atoms with Gasteiger partial charge in [-0.2, -0.15) is 0 Å². The predicted octanol–water partition coefficient (Wildman–Crippen LogP) is 3.55. The number of carbonyl (C=O) groups is 3. The van der Waals surface area contributed by atoms with Gasteiger partial charge in [-0.1, -0.05) is 0 Å². The number of nitrogens with zero attached hydrogens (tertiary/aromatic N) is 2. The van der Waals surface area contributed by atoms with Crippen molar-refractivity contribution in [3.8, 4) is 5.69 Å². The first-order valence-electron chi connectivity index (χ1n) is 7.92. The number of rotatable bonds is 3. The smallest absolute Gasteiger partial charge is 0.337 e. The molecular formula is C19H18N2O4S. The van der Waals surface area contributed by atoms with Crippen LogP contribution in [0.5, 0.6) is 0 Å². The summed E-state index contributed by atoms with van der Waals surface area (Å²) in [4.78, 5) is 36.8. The van der Waals surface area contributed by atoms with E-state index in [0.29, 0.717) is 10.5 Å². The van der Waals surface area contributed by atoms with Crippen molar-refractivity contribution in [2.45, 2.75) is 13.8 Å². The van der Waals surface area contributed by atoms with Gasteiger partial charge < -0.3 is 9.30 Å². The Kier molecular flexibility index (Phi) is 4.73. The average molecular weight is 370 g/mol. The molecule has 3 rings (SSSR count). The predicted molar refractivity (Wildman–Crippen MR) is 100 cm³/mol. The molecule has 0 saturated carbocycles. The first-order chi connectivity index (χ1) is 12.3. The highest BCUT2D eigenvalue weighted by molar-refractivity contribution is 8.18. The standard InChI is InChI=1S/C19H18N2O4S/c1-11-9-14(10-16-17(22)20(3)19(24)26-16)12(2)21(11)15-7-5-13(6-8-15)18(23)25-4/h5-10H,1-4H3. The van der Waals surface area contributed by atoms with Crippen LogP contribution in [0.3, 0.4) is 0 Å². The van der Waals surface area contributed by atoms with Gasteiger partial charge in [-0.25, -0.2) is 4.79 Å². The molecule has 1 aliphatic rings. The molecular weight excluding hydrogens is 352 g/mol. The van der Waals surface area contributed by atoms with E-state index in [4.69, 9.17) is 4.74 Å². The summed E-state index contributed by atoms with van der Waals surface area (Å²) in [6.07, 6.45) is 1.75. The fraction of sp³-hybridized carbons (Fsp3) is 0.211. The number of carbonyl (C=O) groups excluding carboxylic acids is 3. The zero-order valence-corrected chi connectivity index (χ0v) is 15.7. The molecule has 1 aliphatic heterocycles. The molecule has 1 aromatic carbocycles. The summed E-state index contributed by atoms with van der Waals surface area (Å²) in [7, 11) is 2.82. The van der Waals surface area contributed by atoms with Crippen molar-refractivity contribution in [3.05, 3.63) is 57.8 Å². The second-order valence-corrected chi connectivity index (χ2v) is 6.93. The van der Waals surface area contributed by atoms with E-state index in [-0.39, 0.29) is 17.1 Å². The molecule has 2 heterocycles. The van der Waals surface area contributed by atoms with Gasteiger partial charge in [-0.05, 0) is 67.6 Å². The van der Waals surface area contributed by atoms with Crippen LogP contribution in [0.1, 0.15) is 27.3 Å². The van der Waals surface area contributed by atoms with Gasteiger partial charge >= 0.3 is 5.97 Å². The van der Waals surface area contributed by atoms with E-state index >= 15 is 0 Å². The van der Waals surface area contributed by atoms with Crippen LogP contribution in [0.25, 0.3) is 11.8 Å². The number of esters is 1. The lowest BCUT2D eigenvalue weighted by Gasteiger charge is -2.10. The second kappa shape index (κ2) is 6.84. The minimum atomic E-state index is -0.381. The molecule has 0 spiro atoms. The number of likely N-dealkylation sites (N-methyl/N-ethyl adjacent to an activating group) is 1. The van der Waals surface area contributed by atoms with Crippen molar-refractivity contribution in [1.29, 1.82) is 0 Å². The molecule has 0 unspecified atom stereocenters. The van der Waals surface area contributed by atoms with Gasteiger partial charge in [0.1, 0.15) is 0 Å². The van der Waals surface area contributed by atoms with E-state index in [1.54, 1.807) is 18.2 Å². The van der Waals surface area contributed by atoms with Crippen molar-refractivity contribution in [3.63, 3.8) is 0 Å². The van der Waals surface area contributed by atoms with E-state index in [1.807, 2.05) is 36.6 Å². The van der Waals surface area contributed by atoms with Crippen LogP contribution >= 0.6 is 11.8 Å². The molecule has 1 aromatic heterocycles. The summed E-state index contributed by atoms with van der Waals surface area (Å²) in [5, 5.41) is -0.270. The van der Waals surface area contributed by atoms with E-state index in [9.17, 15) is 14.4 Å². The molecule has 6 nitrogen and oxygen atoms in total. The van der Waals surface area contributed by atoms with Gasteiger partial charge in [0.15, 0.2) is 0 Å². The first kappa shape index (κ1) is 18.0. The third-order valence-corrected chi connectivity index (χ3v) is 5.25. The van der Waals surface area contributed by atoms with Crippen LogP contribution in [0.2, 0.25) is 0 Å². The molecule has 0 radical (unpaired) electrons. The van der Waals surface area contributed by atoms with Crippen LogP contribution in [0.4, 0.5) is 4.79 Å². The third-order valence-electron chi connectivity index (χ3n) is 4.29. The Morgan fingerprint density at radius 1 is 1.15 bits per heavy atom. The first-order valence-corrected chi connectivity index (χ1v) is 8.74. The van der Waals surface area contributed by atoms with Crippen molar-refractivity contribution < 1.29 is 19.1 Å². The van der Waals surface area contributed by atoms with Crippen LogP contribution < -0.4 is 0 Å². The quantitative estimate of drug-likeness (QED) is 0.610. The zero-order valence-electron chi connectivity index (χ0n) is 14.9. The van der Waals surface area contributed by atoms with E-state index in [2.05, 4.69) is 0 Å². The maximum Gasteiger partial charge on any atom is 0.337 e. The number of hydrogen-bond acceptors (Lipinski definition) is 5. The van der Waals surface area contributed by atoms with Crippen LogP contribution in [0, 0.1) is 13.8 Å². The van der Waals surface area contributed by atoms with Crippen molar-refractivity contribution in [2.24, 2.45) is 0 Å². The van der Waals surface area contributed by atoms with E-state index < -0.39 is 0 Å². The van der Waals surface area contributed by atoms with Gasteiger partial charge in [0.05, 0.1) is 17.6 Å². The number of benzene rings is 1. The second-order valence-electron chi connectivity index (χ2n) is 5.94. The third kappa shape index (κ3) is 3.06. The highest BCUT2D eigenvalue weighted by atomic mass is 32.2. The fourth-order valence-electron chi connectivity index (χ4n) is 2.88. The maximum atomic E-state index is 12.1. The van der Waals surface area contributed by atoms with Gasteiger partial charge in [0.2, 0.25) is 0 Å². The number of aromatic nitrogens is 1. The molecule has 0 atom stereocenters. The molecule has 2 aromatic rings.